The van der Waals surface area contributed by atoms with Crippen LogP contribution >= 0.6 is 23.2 Å². The lowest BCUT2D eigenvalue weighted by atomic mass is 9.87. The fourth-order valence-electron chi connectivity index (χ4n) is 1.80. The summed E-state index contributed by atoms with van der Waals surface area (Å²) in [5.41, 5.74) is -1.21. The van der Waals surface area contributed by atoms with Gasteiger partial charge in [0.25, 0.3) is 0 Å². The molecule has 0 radical (unpaired) electrons. The Kier molecular flexibility index (Phi) is 4.23. The Morgan fingerprint density at radius 1 is 1.15 bits per heavy atom. The van der Waals surface area contributed by atoms with Gasteiger partial charge in [-0.2, -0.15) is 0 Å². The quantitative estimate of drug-likeness (QED) is 0.720. The largest absolute Gasteiger partial charge is 0.525 e. The molecule has 1 aromatic rings. The van der Waals surface area contributed by atoms with E-state index in [9.17, 15) is 4.39 Å². The van der Waals surface area contributed by atoms with E-state index in [2.05, 4.69) is 0 Å². The summed E-state index contributed by atoms with van der Waals surface area (Å²) in [6, 6.07) is 5.03. The molecule has 20 heavy (non-hydrogen) atoms. The van der Waals surface area contributed by atoms with Crippen molar-refractivity contribution in [1.82, 2.24) is 0 Å². The van der Waals surface area contributed by atoms with Crippen molar-refractivity contribution >= 4 is 36.4 Å². The van der Waals surface area contributed by atoms with Crippen LogP contribution in [0.4, 0.5) is 4.39 Å². The third-order valence-electron chi connectivity index (χ3n) is 3.75. The van der Waals surface area contributed by atoms with Crippen LogP contribution in [-0.4, -0.2) is 18.3 Å². The van der Waals surface area contributed by atoms with E-state index in [1.165, 1.54) is 6.08 Å². The standard InChI is InChI=1S/C14H16BCl2FO2/c1-13(2)14(3,4)20-15(19-13)11(18)8-9-6-5-7-10(16)12(9)17/h5-8H,1-4H3. The Hall–Kier alpha value is -0.545. The van der Waals surface area contributed by atoms with Crippen LogP contribution in [0.15, 0.2) is 23.9 Å². The van der Waals surface area contributed by atoms with Gasteiger partial charge >= 0.3 is 7.12 Å². The molecule has 1 heterocycles. The molecule has 0 unspecified atom stereocenters. The summed E-state index contributed by atoms with van der Waals surface area (Å²) in [5.74, 6) is 0. The number of hydrogen-bond acceptors (Lipinski definition) is 2. The van der Waals surface area contributed by atoms with Crippen LogP contribution in [0.2, 0.25) is 10.0 Å². The summed E-state index contributed by atoms with van der Waals surface area (Å²) in [7, 11) is -1.03. The molecule has 6 heteroatoms. The summed E-state index contributed by atoms with van der Waals surface area (Å²) < 4.78 is 25.6. The molecule has 0 saturated carbocycles. The van der Waals surface area contributed by atoms with Crippen LogP contribution in [0, 0.1) is 0 Å². The van der Waals surface area contributed by atoms with Crippen molar-refractivity contribution in [3.05, 3.63) is 39.5 Å². The second kappa shape index (κ2) is 5.34. The SMILES string of the molecule is CC1(C)OB(C(F)=Cc2cccc(Cl)c2Cl)OC1(C)C. The minimum Gasteiger partial charge on any atom is -0.398 e. The monoisotopic (exact) mass is 316 g/mol. The van der Waals surface area contributed by atoms with Crippen molar-refractivity contribution in [2.24, 2.45) is 0 Å². The fourth-order valence-corrected chi connectivity index (χ4v) is 2.17. The van der Waals surface area contributed by atoms with E-state index >= 15 is 0 Å². The Morgan fingerprint density at radius 2 is 1.70 bits per heavy atom. The molecule has 0 bridgehead atoms. The highest BCUT2D eigenvalue weighted by molar-refractivity contribution is 6.55. The molecule has 1 fully saturated rings. The van der Waals surface area contributed by atoms with Gasteiger partial charge < -0.3 is 9.31 Å². The Bertz CT molecular complexity index is 542. The van der Waals surface area contributed by atoms with Crippen molar-refractivity contribution in [1.29, 1.82) is 0 Å². The van der Waals surface area contributed by atoms with E-state index in [1.54, 1.807) is 18.2 Å². The maximum atomic E-state index is 14.3. The van der Waals surface area contributed by atoms with Gasteiger partial charge in [-0.1, -0.05) is 35.3 Å². The normalized spacial score (nSPS) is 21.4. The zero-order valence-corrected chi connectivity index (χ0v) is 13.3. The average Bonchev–Trinajstić information content (AvgIpc) is 2.54. The summed E-state index contributed by atoms with van der Waals surface area (Å²) in [6.07, 6.45) is 1.29. The van der Waals surface area contributed by atoms with Crippen molar-refractivity contribution in [2.45, 2.75) is 38.9 Å². The third kappa shape index (κ3) is 2.89. The lowest BCUT2D eigenvalue weighted by Crippen LogP contribution is -2.41. The van der Waals surface area contributed by atoms with E-state index < -0.39 is 24.0 Å². The van der Waals surface area contributed by atoms with Gasteiger partial charge in [0.2, 0.25) is 0 Å². The van der Waals surface area contributed by atoms with Gasteiger partial charge in [-0.05, 0) is 45.4 Å². The van der Waals surface area contributed by atoms with E-state index in [4.69, 9.17) is 32.5 Å². The topological polar surface area (TPSA) is 18.5 Å². The van der Waals surface area contributed by atoms with E-state index in [-0.39, 0.29) is 0 Å². The molecule has 0 N–H and O–H groups in total. The molecular formula is C14H16BCl2FO2. The van der Waals surface area contributed by atoms with Crippen molar-refractivity contribution in [3.63, 3.8) is 0 Å². The zero-order valence-electron chi connectivity index (χ0n) is 11.8. The predicted octanol–water partition coefficient (Wildman–Crippen LogP) is 4.94. The lowest BCUT2D eigenvalue weighted by molar-refractivity contribution is 0.00578. The van der Waals surface area contributed by atoms with Crippen molar-refractivity contribution in [3.8, 4) is 0 Å². The Balaban J connectivity index is 2.27. The number of halogens is 3. The molecule has 0 aliphatic carbocycles. The first-order valence-electron chi connectivity index (χ1n) is 6.31. The van der Waals surface area contributed by atoms with Crippen LogP contribution in [0.25, 0.3) is 6.08 Å². The van der Waals surface area contributed by atoms with Crippen LogP contribution in [-0.2, 0) is 9.31 Å². The van der Waals surface area contributed by atoms with Gasteiger partial charge in [0.1, 0.15) is 5.73 Å². The molecule has 0 amide bonds. The Morgan fingerprint density at radius 3 is 2.25 bits per heavy atom. The summed E-state index contributed by atoms with van der Waals surface area (Å²) in [4.78, 5) is 0. The van der Waals surface area contributed by atoms with E-state index in [0.717, 1.165) is 0 Å². The van der Waals surface area contributed by atoms with Gasteiger partial charge in [-0.15, -0.1) is 0 Å². The van der Waals surface area contributed by atoms with E-state index in [1.807, 2.05) is 27.7 Å². The molecular weight excluding hydrogens is 301 g/mol. The highest BCUT2D eigenvalue weighted by atomic mass is 35.5. The minimum atomic E-state index is -1.03. The predicted molar refractivity (Wildman–Crippen MR) is 81.6 cm³/mol. The zero-order chi connectivity index (χ0) is 15.1. The molecule has 0 atom stereocenters. The number of hydrogen-bond donors (Lipinski definition) is 0. The first-order valence-corrected chi connectivity index (χ1v) is 7.06. The second-order valence-electron chi connectivity index (χ2n) is 5.76. The minimum absolute atomic E-state index is 0.306. The molecule has 1 aliphatic heterocycles. The lowest BCUT2D eigenvalue weighted by Gasteiger charge is -2.32. The Labute approximate surface area is 129 Å². The summed E-state index contributed by atoms with van der Waals surface area (Å²) >= 11 is 11.9. The molecule has 1 saturated heterocycles. The van der Waals surface area contributed by atoms with Crippen molar-refractivity contribution < 1.29 is 13.7 Å². The third-order valence-corrected chi connectivity index (χ3v) is 4.59. The molecule has 108 valence electrons. The first kappa shape index (κ1) is 15.8. The molecule has 2 rings (SSSR count). The average molecular weight is 317 g/mol. The number of rotatable bonds is 2. The fraction of sp³-hybridized carbons (Fsp3) is 0.429. The smallest absolute Gasteiger partial charge is 0.398 e. The highest BCUT2D eigenvalue weighted by Crippen LogP contribution is 2.39. The van der Waals surface area contributed by atoms with E-state index in [0.29, 0.717) is 15.6 Å². The van der Waals surface area contributed by atoms with Gasteiger partial charge in [-0.3, -0.25) is 0 Å². The van der Waals surface area contributed by atoms with Crippen LogP contribution in [0.1, 0.15) is 33.3 Å². The first-order chi connectivity index (χ1) is 9.14. The summed E-state index contributed by atoms with van der Waals surface area (Å²) in [5, 5.41) is 0.683. The van der Waals surface area contributed by atoms with Crippen LogP contribution < -0.4 is 0 Å². The maximum Gasteiger partial charge on any atom is 0.525 e. The molecule has 0 spiro atoms. The molecule has 1 aromatic carbocycles. The van der Waals surface area contributed by atoms with Gasteiger partial charge in [0.15, 0.2) is 0 Å². The molecule has 1 aliphatic rings. The van der Waals surface area contributed by atoms with Gasteiger partial charge in [0.05, 0.1) is 21.2 Å². The maximum absolute atomic E-state index is 14.3. The van der Waals surface area contributed by atoms with Crippen molar-refractivity contribution in [2.75, 3.05) is 0 Å². The van der Waals surface area contributed by atoms with Crippen LogP contribution in [0.3, 0.4) is 0 Å². The molecule has 2 nitrogen and oxygen atoms in total. The highest BCUT2D eigenvalue weighted by Gasteiger charge is 2.53. The second-order valence-corrected chi connectivity index (χ2v) is 6.55. The van der Waals surface area contributed by atoms with Gasteiger partial charge in [-0.25, -0.2) is 4.39 Å². The van der Waals surface area contributed by atoms with Gasteiger partial charge in [0, 0.05) is 0 Å². The number of benzene rings is 1. The van der Waals surface area contributed by atoms with Crippen LogP contribution in [0.5, 0.6) is 0 Å². The summed E-state index contributed by atoms with van der Waals surface area (Å²) in [6.45, 7) is 7.47. The molecule has 0 aromatic heterocycles.